The number of nitrogens with one attached hydrogen (secondary N) is 1. The Morgan fingerprint density at radius 1 is 1.32 bits per heavy atom. The van der Waals surface area contributed by atoms with Gasteiger partial charge >= 0.3 is 0 Å². The number of carbonyl (C=O) groups is 1. The van der Waals surface area contributed by atoms with Crippen LogP contribution in [0.15, 0.2) is 24.3 Å². The topological polar surface area (TPSA) is 32.3 Å². The van der Waals surface area contributed by atoms with E-state index in [1.54, 1.807) is 18.2 Å². The minimum atomic E-state index is -0.246. The predicted octanol–water partition coefficient (Wildman–Crippen LogP) is 2.21. The highest BCUT2D eigenvalue weighted by atomic mass is 19.1. The molecule has 0 saturated carbocycles. The van der Waals surface area contributed by atoms with Gasteiger partial charge < -0.3 is 10.2 Å². The molecule has 1 N–H and O–H groups in total. The molecule has 0 heterocycles. The normalized spacial score (nSPS) is 11.7. The van der Waals surface area contributed by atoms with Crippen LogP contribution in [0.25, 0.3) is 0 Å². The Balaban J connectivity index is 2.39. The Labute approximate surface area is 114 Å². The van der Waals surface area contributed by atoms with Gasteiger partial charge in [0.25, 0.3) is 0 Å². The van der Waals surface area contributed by atoms with Gasteiger partial charge in [0.15, 0.2) is 0 Å². The van der Waals surface area contributed by atoms with Crippen molar-refractivity contribution in [2.24, 2.45) is 0 Å². The van der Waals surface area contributed by atoms with E-state index in [0.717, 1.165) is 0 Å². The molecule has 0 radical (unpaired) electrons. The molecule has 19 heavy (non-hydrogen) atoms. The number of benzene rings is 1. The molecule has 0 aromatic heterocycles. The Morgan fingerprint density at radius 2 is 1.95 bits per heavy atom. The monoisotopic (exact) mass is 266 g/mol. The van der Waals surface area contributed by atoms with Gasteiger partial charge in [-0.25, -0.2) is 4.39 Å². The third-order valence-corrected chi connectivity index (χ3v) is 3.51. The first-order chi connectivity index (χ1) is 8.83. The fraction of sp³-hybridized carbons (Fsp3) is 0.533. The van der Waals surface area contributed by atoms with Crippen LogP contribution >= 0.6 is 0 Å². The number of nitrogens with zero attached hydrogens (tertiary/aromatic N) is 1. The summed E-state index contributed by atoms with van der Waals surface area (Å²) in [5.74, 6) is -0.290. The van der Waals surface area contributed by atoms with Crippen molar-refractivity contribution in [3.63, 3.8) is 0 Å². The second kappa shape index (κ2) is 6.66. The Bertz CT molecular complexity index is 430. The second-order valence-electron chi connectivity index (χ2n) is 5.58. The van der Waals surface area contributed by atoms with Gasteiger partial charge in [-0.3, -0.25) is 4.79 Å². The smallest absolute Gasteiger partial charge is 0.220 e. The molecule has 0 spiro atoms. The first-order valence-electron chi connectivity index (χ1n) is 6.50. The van der Waals surface area contributed by atoms with Crippen molar-refractivity contribution in [1.82, 2.24) is 10.2 Å². The number of hydrogen-bond acceptors (Lipinski definition) is 2. The van der Waals surface area contributed by atoms with Gasteiger partial charge in [0.1, 0.15) is 5.82 Å². The fourth-order valence-corrected chi connectivity index (χ4v) is 1.51. The molecule has 1 amide bonds. The van der Waals surface area contributed by atoms with E-state index in [4.69, 9.17) is 0 Å². The van der Waals surface area contributed by atoms with E-state index in [-0.39, 0.29) is 17.3 Å². The Morgan fingerprint density at radius 3 is 2.53 bits per heavy atom. The van der Waals surface area contributed by atoms with Gasteiger partial charge in [0.05, 0.1) is 0 Å². The molecule has 0 aliphatic rings. The van der Waals surface area contributed by atoms with Crippen molar-refractivity contribution in [2.75, 3.05) is 20.6 Å². The lowest BCUT2D eigenvalue weighted by Gasteiger charge is -2.32. The predicted molar refractivity (Wildman–Crippen MR) is 75.5 cm³/mol. The van der Waals surface area contributed by atoms with Crippen LogP contribution in [0.2, 0.25) is 0 Å². The summed E-state index contributed by atoms with van der Waals surface area (Å²) in [6.45, 7) is 4.70. The standard InChI is InChI=1S/C15H23FN2O/c1-15(2,18(3)4)11-17-14(19)10-9-12-7-5-6-8-13(12)16/h5-8H,9-11H2,1-4H3,(H,17,19). The zero-order chi connectivity index (χ0) is 14.5. The van der Waals surface area contributed by atoms with E-state index < -0.39 is 0 Å². The molecular weight excluding hydrogens is 243 g/mol. The Kier molecular flexibility index (Phi) is 5.48. The van der Waals surface area contributed by atoms with Crippen LogP contribution in [0.5, 0.6) is 0 Å². The van der Waals surface area contributed by atoms with Crippen LogP contribution in [-0.4, -0.2) is 37.0 Å². The summed E-state index contributed by atoms with van der Waals surface area (Å²) >= 11 is 0. The first kappa shape index (κ1) is 15.6. The second-order valence-corrected chi connectivity index (χ2v) is 5.58. The average molecular weight is 266 g/mol. The van der Waals surface area contributed by atoms with Crippen molar-refractivity contribution < 1.29 is 9.18 Å². The molecule has 0 unspecified atom stereocenters. The van der Waals surface area contributed by atoms with Crippen LogP contribution in [0.4, 0.5) is 4.39 Å². The summed E-state index contributed by atoms with van der Waals surface area (Å²) < 4.78 is 13.4. The van der Waals surface area contributed by atoms with Crippen LogP contribution in [0.1, 0.15) is 25.8 Å². The maximum Gasteiger partial charge on any atom is 0.220 e. The molecular formula is C15H23FN2O. The molecule has 0 aliphatic carbocycles. The van der Waals surface area contributed by atoms with Gasteiger partial charge in [0.2, 0.25) is 5.91 Å². The van der Waals surface area contributed by atoms with Gasteiger partial charge in [-0.15, -0.1) is 0 Å². The van der Waals surface area contributed by atoms with Crippen LogP contribution < -0.4 is 5.32 Å². The molecule has 1 aromatic rings. The zero-order valence-electron chi connectivity index (χ0n) is 12.2. The third-order valence-electron chi connectivity index (χ3n) is 3.51. The van der Waals surface area contributed by atoms with E-state index in [1.807, 2.05) is 14.1 Å². The number of halogens is 1. The van der Waals surface area contributed by atoms with Crippen molar-refractivity contribution in [2.45, 2.75) is 32.2 Å². The van der Waals surface area contributed by atoms with Crippen LogP contribution in [0, 0.1) is 5.82 Å². The third kappa shape index (κ3) is 4.99. The SMILES string of the molecule is CN(C)C(C)(C)CNC(=O)CCc1ccccc1F. The highest BCUT2D eigenvalue weighted by molar-refractivity contribution is 5.76. The summed E-state index contributed by atoms with van der Waals surface area (Å²) in [6, 6.07) is 6.57. The lowest BCUT2D eigenvalue weighted by atomic mass is 10.0. The van der Waals surface area contributed by atoms with Crippen molar-refractivity contribution in [1.29, 1.82) is 0 Å². The van der Waals surface area contributed by atoms with E-state index in [2.05, 4.69) is 24.1 Å². The number of hydrogen-bond donors (Lipinski definition) is 1. The lowest BCUT2D eigenvalue weighted by molar-refractivity contribution is -0.121. The van der Waals surface area contributed by atoms with E-state index in [0.29, 0.717) is 24.9 Å². The highest BCUT2D eigenvalue weighted by Crippen LogP contribution is 2.10. The molecule has 0 saturated heterocycles. The molecule has 0 fully saturated rings. The van der Waals surface area contributed by atoms with E-state index in [1.165, 1.54) is 6.07 Å². The Hall–Kier alpha value is -1.42. The summed E-state index contributed by atoms with van der Waals surface area (Å²) in [4.78, 5) is 13.8. The van der Waals surface area contributed by atoms with E-state index in [9.17, 15) is 9.18 Å². The summed E-state index contributed by atoms with van der Waals surface area (Å²) in [6.07, 6.45) is 0.741. The quantitative estimate of drug-likeness (QED) is 0.856. The number of amides is 1. The van der Waals surface area contributed by atoms with Crippen molar-refractivity contribution >= 4 is 5.91 Å². The average Bonchev–Trinajstić information content (AvgIpc) is 2.35. The number of carbonyl (C=O) groups excluding carboxylic acids is 1. The largest absolute Gasteiger partial charge is 0.354 e. The van der Waals surface area contributed by atoms with Gasteiger partial charge in [-0.05, 0) is 46.0 Å². The number of rotatable bonds is 6. The van der Waals surface area contributed by atoms with E-state index >= 15 is 0 Å². The van der Waals surface area contributed by atoms with Crippen molar-refractivity contribution in [3.05, 3.63) is 35.6 Å². The van der Waals surface area contributed by atoms with Crippen LogP contribution in [-0.2, 0) is 11.2 Å². The molecule has 4 heteroatoms. The van der Waals surface area contributed by atoms with Crippen LogP contribution in [0.3, 0.4) is 0 Å². The molecule has 0 bridgehead atoms. The van der Waals surface area contributed by atoms with Crippen molar-refractivity contribution in [3.8, 4) is 0 Å². The minimum absolute atomic E-state index is 0.0434. The fourth-order valence-electron chi connectivity index (χ4n) is 1.51. The van der Waals surface area contributed by atoms with Gasteiger partial charge in [0, 0.05) is 18.5 Å². The molecule has 106 valence electrons. The summed E-state index contributed by atoms with van der Waals surface area (Å²) in [7, 11) is 3.96. The van der Waals surface area contributed by atoms with Gasteiger partial charge in [-0.2, -0.15) is 0 Å². The molecule has 0 aliphatic heterocycles. The lowest BCUT2D eigenvalue weighted by Crippen LogP contribution is -2.48. The maximum atomic E-state index is 13.4. The maximum absolute atomic E-state index is 13.4. The first-order valence-corrected chi connectivity index (χ1v) is 6.50. The minimum Gasteiger partial charge on any atom is -0.354 e. The number of aryl methyl sites for hydroxylation is 1. The number of likely N-dealkylation sites (N-methyl/N-ethyl adjacent to an activating group) is 1. The molecule has 1 rings (SSSR count). The molecule has 0 atom stereocenters. The molecule has 3 nitrogen and oxygen atoms in total. The summed E-state index contributed by atoms with van der Waals surface area (Å²) in [5, 5.41) is 2.89. The highest BCUT2D eigenvalue weighted by Gasteiger charge is 2.20. The zero-order valence-corrected chi connectivity index (χ0v) is 12.2. The summed E-state index contributed by atoms with van der Waals surface area (Å²) in [5.41, 5.74) is 0.498. The molecule has 1 aromatic carbocycles. The van der Waals surface area contributed by atoms with Gasteiger partial charge in [-0.1, -0.05) is 18.2 Å².